The number of aromatic nitrogens is 1. The summed E-state index contributed by atoms with van der Waals surface area (Å²) in [5.74, 6) is 0.138. The molecule has 4 nitrogen and oxygen atoms in total. The molecule has 23 heavy (non-hydrogen) atoms. The van der Waals surface area contributed by atoms with Crippen LogP contribution < -0.4 is 5.32 Å². The number of piperidine rings is 1. The Morgan fingerprint density at radius 1 is 1.30 bits per heavy atom. The van der Waals surface area contributed by atoms with Crippen LogP contribution in [-0.2, 0) is 6.54 Å². The molecule has 1 saturated carbocycles. The van der Waals surface area contributed by atoms with Crippen LogP contribution in [0.1, 0.15) is 35.2 Å². The van der Waals surface area contributed by atoms with Crippen LogP contribution in [0, 0.1) is 5.41 Å². The van der Waals surface area contributed by atoms with Gasteiger partial charge in [-0.3, -0.25) is 9.78 Å². The van der Waals surface area contributed by atoms with Crippen molar-refractivity contribution >= 4 is 17.2 Å². The fourth-order valence-electron chi connectivity index (χ4n) is 3.79. The average molecular weight is 327 g/mol. The Bertz CT molecular complexity index is 665. The molecule has 1 N–H and O–H groups in total. The quantitative estimate of drug-likeness (QED) is 0.939. The van der Waals surface area contributed by atoms with Crippen molar-refractivity contribution in [2.45, 2.75) is 31.8 Å². The van der Waals surface area contributed by atoms with E-state index >= 15 is 0 Å². The number of thiophene rings is 1. The number of carbonyl (C=O) groups excluding carboxylic acids is 1. The van der Waals surface area contributed by atoms with Crippen molar-refractivity contribution < 1.29 is 4.79 Å². The minimum atomic E-state index is 0.138. The predicted octanol–water partition coefficient (Wildman–Crippen LogP) is 2.93. The molecule has 3 heterocycles. The van der Waals surface area contributed by atoms with Gasteiger partial charge < -0.3 is 10.2 Å². The first-order chi connectivity index (χ1) is 11.3. The van der Waals surface area contributed by atoms with Gasteiger partial charge in [-0.05, 0) is 72.3 Å². The van der Waals surface area contributed by atoms with E-state index in [-0.39, 0.29) is 5.91 Å². The highest BCUT2D eigenvalue weighted by Gasteiger charge is 2.57. The second kappa shape index (κ2) is 6.06. The van der Waals surface area contributed by atoms with Crippen LogP contribution >= 0.6 is 11.3 Å². The zero-order valence-electron chi connectivity index (χ0n) is 13.1. The van der Waals surface area contributed by atoms with Crippen molar-refractivity contribution in [3.05, 3.63) is 52.5 Å². The van der Waals surface area contributed by atoms with E-state index in [0.29, 0.717) is 18.0 Å². The van der Waals surface area contributed by atoms with E-state index in [2.05, 4.69) is 32.0 Å². The third-order valence-electron chi connectivity index (χ3n) is 5.24. The molecule has 0 bridgehead atoms. The Labute approximate surface area is 140 Å². The molecular weight excluding hydrogens is 306 g/mol. The highest BCUT2D eigenvalue weighted by molar-refractivity contribution is 7.07. The van der Waals surface area contributed by atoms with E-state index in [0.717, 1.165) is 25.1 Å². The van der Waals surface area contributed by atoms with E-state index in [1.165, 1.54) is 18.4 Å². The molecule has 4 rings (SSSR count). The Kier molecular flexibility index (Phi) is 3.91. The lowest BCUT2D eigenvalue weighted by Crippen LogP contribution is -2.39. The van der Waals surface area contributed by atoms with Crippen molar-refractivity contribution in [1.82, 2.24) is 15.2 Å². The molecule has 120 valence electrons. The zero-order valence-corrected chi connectivity index (χ0v) is 13.9. The molecule has 5 heteroatoms. The maximum Gasteiger partial charge on any atom is 0.254 e. The van der Waals surface area contributed by atoms with Gasteiger partial charge in [0.1, 0.15) is 0 Å². The van der Waals surface area contributed by atoms with Gasteiger partial charge in [-0.1, -0.05) is 0 Å². The molecule has 2 fully saturated rings. The second-order valence-corrected chi connectivity index (χ2v) is 7.41. The van der Waals surface area contributed by atoms with Crippen LogP contribution in [0.4, 0.5) is 0 Å². The third kappa shape index (κ3) is 2.91. The summed E-state index contributed by atoms with van der Waals surface area (Å²) in [4.78, 5) is 19.2. The smallest absolute Gasteiger partial charge is 0.254 e. The Morgan fingerprint density at radius 2 is 2.09 bits per heavy atom. The zero-order chi connectivity index (χ0) is 15.7. The van der Waals surface area contributed by atoms with Gasteiger partial charge in [0.2, 0.25) is 0 Å². The predicted molar refractivity (Wildman–Crippen MR) is 91.4 cm³/mol. The Morgan fingerprint density at radius 3 is 2.78 bits per heavy atom. The molecule has 1 aliphatic heterocycles. The lowest BCUT2D eigenvalue weighted by atomic mass is 9.93. The maximum absolute atomic E-state index is 13.1. The minimum Gasteiger partial charge on any atom is -0.331 e. The Hall–Kier alpha value is -1.72. The molecule has 2 aromatic heterocycles. The van der Waals surface area contributed by atoms with E-state index in [9.17, 15) is 4.79 Å². The number of nitrogens with zero attached hydrogens (tertiary/aromatic N) is 2. The summed E-state index contributed by atoms with van der Waals surface area (Å²) in [5.41, 5.74) is 2.32. The third-order valence-corrected chi connectivity index (χ3v) is 5.98. The molecule has 2 aromatic rings. The minimum absolute atomic E-state index is 0.138. The number of pyridine rings is 1. The molecule has 2 aliphatic rings. The molecule has 1 saturated heterocycles. The normalized spacial score (nSPS) is 22.0. The molecule has 1 spiro atoms. The van der Waals surface area contributed by atoms with E-state index in [4.69, 9.17) is 0 Å². The SMILES string of the molecule is O=C(c1ccncc1)N(Cc1ccsc1)C1CC12CCNCC2. The van der Waals surface area contributed by atoms with E-state index < -0.39 is 0 Å². The summed E-state index contributed by atoms with van der Waals surface area (Å²) in [7, 11) is 0. The van der Waals surface area contributed by atoms with Gasteiger partial charge in [0.15, 0.2) is 0 Å². The maximum atomic E-state index is 13.1. The van der Waals surface area contributed by atoms with Gasteiger partial charge in [-0.2, -0.15) is 11.3 Å². The van der Waals surface area contributed by atoms with Crippen LogP contribution in [0.3, 0.4) is 0 Å². The fourth-order valence-corrected chi connectivity index (χ4v) is 4.45. The van der Waals surface area contributed by atoms with Crippen molar-refractivity contribution in [1.29, 1.82) is 0 Å². The second-order valence-electron chi connectivity index (χ2n) is 6.63. The molecule has 1 amide bonds. The molecule has 1 aliphatic carbocycles. The first-order valence-corrected chi connectivity index (χ1v) is 9.16. The van der Waals surface area contributed by atoms with Gasteiger partial charge >= 0.3 is 0 Å². The Balaban J connectivity index is 1.58. The van der Waals surface area contributed by atoms with Crippen molar-refractivity contribution in [3.8, 4) is 0 Å². The standard InChI is InChI=1S/C18H21N3OS/c22-17(15-1-6-19-7-2-15)21(12-14-3-10-23-13-14)16-11-18(16)4-8-20-9-5-18/h1-3,6-7,10,13,16,20H,4-5,8-9,11-12H2. The first-order valence-electron chi connectivity index (χ1n) is 8.21. The summed E-state index contributed by atoms with van der Waals surface area (Å²) < 4.78 is 0. The van der Waals surface area contributed by atoms with Gasteiger partial charge in [0, 0.05) is 30.5 Å². The van der Waals surface area contributed by atoms with Crippen molar-refractivity contribution in [2.75, 3.05) is 13.1 Å². The number of amides is 1. The summed E-state index contributed by atoms with van der Waals surface area (Å²) in [6, 6.07) is 6.14. The number of nitrogens with one attached hydrogen (secondary N) is 1. The van der Waals surface area contributed by atoms with Gasteiger partial charge in [-0.15, -0.1) is 0 Å². The topological polar surface area (TPSA) is 45.2 Å². The molecule has 1 atom stereocenters. The molecule has 1 unspecified atom stereocenters. The molecular formula is C18H21N3OS. The van der Waals surface area contributed by atoms with Crippen LogP contribution in [0.15, 0.2) is 41.4 Å². The van der Waals surface area contributed by atoms with Crippen LogP contribution in [0.2, 0.25) is 0 Å². The number of rotatable bonds is 4. The lowest BCUT2D eigenvalue weighted by Gasteiger charge is -2.29. The monoisotopic (exact) mass is 327 g/mol. The summed E-state index contributed by atoms with van der Waals surface area (Å²) in [6.45, 7) is 2.86. The summed E-state index contributed by atoms with van der Waals surface area (Å²) >= 11 is 1.69. The van der Waals surface area contributed by atoms with Crippen LogP contribution in [0.5, 0.6) is 0 Å². The van der Waals surface area contributed by atoms with Gasteiger partial charge in [0.05, 0.1) is 0 Å². The van der Waals surface area contributed by atoms with E-state index in [1.54, 1.807) is 23.7 Å². The molecule has 0 aromatic carbocycles. The lowest BCUT2D eigenvalue weighted by molar-refractivity contribution is 0.0692. The number of carbonyl (C=O) groups is 1. The summed E-state index contributed by atoms with van der Waals surface area (Å²) in [6.07, 6.45) is 6.91. The van der Waals surface area contributed by atoms with Crippen molar-refractivity contribution in [2.24, 2.45) is 5.41 Å². The summed E-state index contributed by atoms with van der Waals surface area (Å²) in [5, 5.41) is 7.66. The highest BCUT2D eigenvalue weighted by Crippen LogP contribution is 2.56. The number of hydrogen-bond donors (Lipinski definition) is 1. The highest BCUT2D eigenvalue weighted by atomic mass is 32.1. The molecule has 0 radical (unpaired) electrons. The van der Waals surface area contributed by atoms with Crippen molar-refractivity contribution in [3.63, 3.8) is 0 Å². The van der Waals surface area contributed by atoms with Crippen LogP contribution in [-0.4, -0.2) is 34.9 Å². The van der Waals surface area contributed by atoms with Gasteiger partial charge in [0.25, 0.3) is 5.91 Å². The van der Waals surface area contributed by atoms with Gasteiger partial charge in [-0.25, -0.2) is 0 Å². The van der Waals surface area contributed by atoms with E-state index in [1.807, 2.05) is 12.1 Å². The fraction of sp³-hybridized carbons (Fsp3) is 0.444. The first kappa shape index (κ1) is 14.8. The average Bonchev–Trinajstić information content (AvgIpc) is 3.04. The van der Waals surface area contributed by atoms with Crippen LogP contribution in [0.25, 0.3) is 0 Å². The largest absolute Gasteiger partial charge is 0.331 e. The number of hydrogen-bond acceptors (Lipinski definition) is 4.